The Bertz CT molecular complexity index is 930. The molecule has 1 aromatic carbocycles. The number of benzene rings is 1. The Hall–Kier alpha value is -2.12. The van der Waals surface area contributed by atoms with Crippen molar-refractivity contribution < 1.29 is 9.52 Å². The first-order valence-electron chi connectivity index (χ1n) is 7.16. The van der Waals surface area contributed by atoms with Crippen molar-refractivity contribution in [3.63, 3.8) is 0 Å². The molecule has 23 heavy (non-hydrogen) atoms. The number of thioether (sulfide) groups is 1. The molecule has 0 unspecified atom stereocenters. The molecule has 6 nitrogen and oxygen atoms in total. The normalized spacial score (nSPS) is 11.3. The van der Waals surface area contributed by atoms with Gasteiger partial charge in [0, 0.05) is 24.3 Å². The maximum atomic E-state index is 11.9. The Kier molecular flexibility index (Phi) is 4.23. The molecule has 0 aliphatic rings. The van der Waals surface area contributed by atoms with Gasteiger partial charge in [0.25, 0.3) is 0 Å². The third kappa shape index (κ3) is 2.89. The van der Waals surface area contributed by atoms with E-state index < -0.39 is 0 Å². The van der Waals surface area contributed by atoms with Crippen LogP contribution in [0, 0.1) is 13.8 Å². The fourth-order valence-electron chi connectivity index (χ4n) is 2.39. The fourth-order valence-corrected chi connectivity index (χ4v) is 3.32. The molecule has 0 amide bonds. The SMILES string of the molecule is Cc1ccc2c(CSc3nnc(CO)n3C)cc(=O)oc2c1C. The summed E-state index contributed by atoms with van der Waals surface area (Å²) < 4.78 is 7.12. The molecule has 3 rings (SSSR count). The van der Waals surface area contributed by atoms with Crippen molar-refractivity contribution in [3.05, 3.63) is 51.1 Å². The summed E-state index contributed by atoms with van der Waals surface area (Å²) in [6.45, 7) is 3.79. The second-order valence-electron chi connectivity index (χ2n) is 5.38. The molecular weight excluding hydrogens is 314 g/mol. The quantitative estimate of drug-likeness (QED) is 0.584. The monoisotopic (exact) mass is 331 g/mol. The van der Waals surface area contributed by atoms with Gasteiger partial charge >= 0.3 is 5.63 Å². The average molecular weight is 331 g/mol. The van der Waals surface area contributed by atoms with Gasteiger partial charge in [-0.05, 0) is 30.5 Å². The van der Waals surface area contributed by atoms with Gasteiger partial charge in [0.2, 0.25) is 0 Å². The highest BCUT2D eigenvalue weighted by molar-refractivity contribution is 7.98. The smallest absolute Gasteiger partial charge is 0.336 e. The minimum atomic E-state index is -0.351. The van der Waals surface area contributed by atoms with Crippen molar-refractivity contribution in [2.24, 2.45) is 7.05 Å². The Morgan fingerprint density at radius 1 is 1.30 bits per heavy atom. The molecule has 7 heteroatoms. The molecule has 3 aromatic rings. The van der Waals surface area contributed by atoms with Gasteiger partial charge in [-0.15, -0.1) is 10.2 Å². The van der Waals surface area contributed by atoms with Crippen LogP contribution in [0.2, 0.25) is 0 Å². The minimum Gasteiger partial charge on any atom is -0.422 e. The average Bonchev–Trinajstić information content (AvgIpc) is 2.89. The summed E-state index contributed by atoms with van der Waals surface area (Å²) in [6, 6.07) is 5.53. The zero-order valence-electron chi connectivity index (χ0n) is 13.2. The number of aliphatic hydroxyl groups excluding tert-OH is 1. The summed E-state index contributed by atoms with van der Waals surface area (Å²) in [4.78, 5) is 11.9. The minimum absolute atomic E-state index is 0.152. The van der Waals surface area contributed by atoms with Crippen LogP contribution >= 0.6 is 11.8 Å². The van der Waals surface area contributed by atoms with Crippen LogP contribution in [0.1, 0.15) is 22.5 Å². The predicted molar refractivity (Wildman–Crippen MR) is 88.4 cm³/mol. The second kappa shape index (κ2) is 6.17. The Morgan fingerprint density at radius 3 is 2.78 bits per heavy atom. The van der Waals surface area contributed by atoms with Gasteiger partial charge in [-0.2, -0.15) is 0 Å². The van der Waals surface area contributed by atoms with Crippen molar-refractivity contribution in [1.82, 2.24) is 14.8 Å². The van der Waals surface area contributed by atoms with Crippen LogP contribution in [0.15, 0.2) is 32.6 Å². The maximum absolute atomic E-state index is 11.9. The van der Waals surface area contributed by atoms with Gasteiger partial charge in [-0.25, -0.2) is 4.79 Å². The Labute approximate surface area is 137 Å². The number of hydrogen-bond donors (Lipinski definition) is 1. The van der Waals surface area contributed by atoms with Gasteiger partial charge in [-0.1, -0.05) is 23.9 Å². The van der Waals surface area contributed by atoms with Gasteiger partial charge < -0.3 is 14.1 Å². The summed E-state index contributed by atoms with van der Waals surface area (Å²) in [5.41, 5.74) is 3.26. The molecule has 2 heterocycles. The molecule has 0 aliphatic carbocycles. The zero-order valence-corrected chi connectivity index (χ0v) is 14.0. The van der Waals surface area contributed by atoms with Crippen molar-refractivity contribution in [3.8, 4) is 0 Å². The van der Waals surface area contributed by atoms with E-state index in [9.17, 15) is 4.79 Å². The lowest BCUT2D eigenvalue weighted by Crippen LogP contribution is -2.02. The predicted octanol–water partition coefficient (Wildman–Crippen LogP) is 2.32. The number of aliphatic hydroxyl groups is 1. The largest absolute Gasteiger partial charge is 0.422 e. The first-order valence-corrected chi connectivity index (χ1v) is 8.14. The van der Waals surface area contributed by atoms with Crippen LogP contribution in [0.5, 0.6) is 0 Å². The zero-order chi connectivity index (χ0) is 16.6. The van der Waals surface area contributed by atoms with Gasteiger partial charge in [0.05, 0.1) is 0 Å². The summed E-state index contributed by atoms with van der Waals surface area (Å²) >= 11 is 1.47. The molecule has 0 radical (unpaired) electrons. The number of aryl methyl sites for hydroxylation is 2. The third-order valence-corrected chi connectivity index (χ3v) is 5.01. The van der Waals surface area contributed by atoms with Crippen molar-refractivity contribution in [2.75, 3.05) is 0 Å². The highest BCUT2D eigenvalue weighted by atomic mass is 32.2. The van der Waals surface area contributed by atoms with E-state index in [4.69, 9.17) is 9.52 Å². The summed E-state index contributed by atoms with van der Waals surface area (Å²) in [7, 11) is 1.80. The molecular formula is C16H17N3O3S. The molecule has 0 saturated carbocycles. The van der Waals surface area contributed by atoms with E-state index in [2.05, 4.69) is 10.2 Å². The molecule has 120 valence electrons. The fraction of sp³-hybridized carbons (Fsp3) is 0.312. The summed E-state index contributed by atoms with van der Waals surface area (Å²) in [5, 5.41) is 18.8. The first-order chi connectivity index (χ1) is 11.0. The Morgan fingerprint density at radius 2 is 2.09 bits per heavy atom. The first kappa shape index (κ1) is 15.8. The lowest BCUT2D eigenvalue weighted by atomic mass is 10.0. The van der Waals surface area contributed by atoms with E-state index in [1.807, 2.05) is 26.0 Å². The molecule has 0 atom stereocenters. The summed E-state index contributed by atoms with van der Waals surface area (Å²) in [5.74, 6) is 1.08. The van der Waals surface area contributed by atoms with E-state index in [0.717, 1.165) is 22.1 Å². The Balaban J connectivity index is 1.98. The van der Waals surface area contributed by atoms with Crippen LogP contribution in [-0.2, 0) is 19.4 Å². The highest BCUT2D eigenvalue weighted by Crippen LogP contribution is 2.28. The molecule has 0 saturated heterocycles. The van der Waals surface area contributed by atoms with Crippen molar-refractivity contribution in [1.29, 1.82) is 0 Å². The van der Waals surface area contributed by atoms with Gasteiger partial charge in [-0.3, -0.25) is 0 Å². The van der Waals surface area contributed by atoms with E-state index in [1.165, 1.54) is 17.8 Å². The van der Waals surface area contributed by atoms with Crippen molar-refractivity contribution in [2.45, 2.75) is 31.4 Å². The van der Waals surface area contributed by atoms with Crippen LogP contribution in [0.25, 0.3) is 11.0 Å². The number of rotatable bonds is 4. The molecule has 0 bridgehead atoms. The number of nitrogens with zero attached hydrogens (tertiary/aromatic N) is 3. The maximum Gasteiger partial charge on any atom is 0.336 e. The van der Waals surface area contributed by atoms with Crippen LogP contribution < -0.4 is 5.63 Å². The van der Waals surface area contributed by atoms with Gasteiger partial charge in [0.1, 0.15) is 12.2 Å². The topological polar surface area (TPSA) is 81.2 Å². The van der Waals surface area contributed by atoms with Crippen LogP contribution in [-0.4, -0.2) is 19.9 Å². The number of hydrogen-bond acceptors (Lipinski definition) is 6. The van der Waals surface area contributed by atoms with E-state index >= 15 is 0 Å². The molecule has 0 fully saturated rings. The molecule has 1 N–H and O–H groups in total. The van der Waals surface area contributed by atoms with E-state index in [1.54, 1.807) is 11.6 Å². The van der Waals surface area contributed by atoms with E-state index in [-0.39, 0.29) is 12.2 Å². The van der Waals surface area contributed by atoms with E-state index in [0.29, 0.717) is 22.3 Å². The summed E-state index contributed by atoms with van der Waals surface area (Å²) in [6.07, 6.45) is 0. The van der Waals surface area contributed by atoms with Crippen LogP contribution in [0.3, 0.4) is 0 Å². The van der Waals surface area contributed by atoms with Crippen molar-refractivity contribution >= 4 is 22.7 Å². The lowest BCUT2D eigenvalue weighted by Gasteiger charge is -2.08. The molecule has 0 spiro atoms. The molecule has 2 aromatic heterocycles. The highest BCUT2D eigenvalue weighted by Gasteiger charge is 2.12. The third-order valence-electron chi connectivity index (χ3n) is 3.94. The standard InChI is InChI=1S/C16H17N3O3S/c1-9-4-5-12-11(6-14(21)22-15(12)10(9)2)8-23-16-18-17-13(7-20)19(16)3/h4-6,20H,7-8H2,1-3H3. The second-order valence-corrected chi connectivity index (χ2v) is 6.32. The lowest BCUT2D eigenvalue weighted by molar-refractivity contribution is 0.266. The van der Waals surface area contributed by atoms with Crippen LogP contribution in [0.4, 0.5) is 0 Å². The molecule has 0 aliphatic heterocycles. The van der Waals surface area contributed by atoms with Gasteiger partial charge in [0.15, 0.2) is 11.0 Å². The number of aromatic nitrogens is 3. The number of fused-ring (bicyclic) bond motifs is 1.